The third-order valence-corrected chi connectivity index (χ3v) is 4.46. The number of Topliss-reactive ketones (excluding diaryl/α,β-unsaturated/α-hetero) is 1. The second-order valence-electron chi connectivity index (χ2n) is 6.55. The van der Waals surface area contributed by atoms with Crippen LogP contribution >= 0.6 is 0 Å². The summed E-state index contributed by atoms with van der Waals surface area (Å²) in [6.45, 7) is 4.56. The average Bonchev–Trinajstić information content (AvgIpc) is 2.66. The zero-order valence-electron chi connectivity index (χ0n) is 16.5. The normalized spacial score (nSPS) is 10.4. The Morgan fingerprint density at radius 2 is 1.81 bits per heavy atom. The molecule has 0 aliphatic carbocycles. The molecule has 0 bridgehead atoms. The highest BCUT2D eigenvalue weighted by Crippen LogP contribution is 2.28. The lowest BCUT2D eigenvalue weighted by Crippen LogP contribution is -2.26. The Kier molecular flexibility index (Phi) is 7.41. The van der Waals surface area contributed by atoms with Crippen LogP contribution in [-0.4, -0.2) is 37.4 Å². The summed E-state index contributed by atoms with van der Waals surface area (Å²) in [5, 5.41) is 0. The van der Waals surface area contributed by atoms with E-state index in [1.54, 1.807) is 23.1 Å². The predicted octanol–water partition coefficient (Wildman–Crippen LogP) is 4.02. The minimum absolute atomic E-state index is 0.0258. The smallest absolute Gasteiger partial charge is 0.222 e. The lowest BCUT2D eigenvalue weighted by atomic mass is 10.1. The highest BCUT2D eigenvalue weighted by Gasteiger charge is 2.12. The molecule has 144 valence electrons. The Hall–Kier alpha value is -2.82. The SMILES string of the molecule is COc1cc(C(C)=O)ccc1OCCCC(=O)N(C)Cc1ccccc1C. The Bertz CT molecular complexity index is 801. The van der Waals surface area contributed by atoms with E-state index < -0.39 is 0 Å². The van der Waals surface area contributed by atoms with Crippen molar-refractivity contribution >= 4 is 11.7 Å². The molecule has 0 heterocycles. The molecule has 0 fully saturated rings. The monoisotopic (exact) mass is 369 g/mol. The van der Waals surface area contributed by atoms with Gasteiger partial charge in [0.2, 0.25) is 5.91 Å². The quantitative estimate of drug-likeness (QED) is 0.495. The van der Waals surface area contributed by atoms with Crippen LogP contribution in [0.15, 0.2) is 42.5 Å². The molecule has 0 spiro atoms. The van der Waals surface area contributed by atoms with Crippen LogP contribution in [0.2, 0.25) is 0 Å². The molecule has 5 nitrogen and oxygen atoms in total. The molecule has 5 heteroatoms. The molecule has 0 unspecified atom stereocenters. The van der Waals surface area contributed by atoms with Gasteiger partial charge in [-0.15, -0.1) is 0 Å². The molecule has 27 heavy (non-hydrogen) atoms. The molecule has 0 saturated heterocycles. The molecule has 0 saturated carbocycles. The van der Waals surface area contributed by atoms with E-state index in [-0.39, 0.29) is 11.7 Å². The van der Waals surface area contributed by atoms with Crippen molar-refractivity contribution in [1.29, 1.82) is 0 Å². The van der Waals surface area contributed by atoms with Crippen LogP contribution in [0.25, 0.3) is 0 Å². The number of methoxy groups -OCH3 is 1. The first-order chi connectivity index (χ1) is 12.9. The molecule has 2 aromatic rings. The fourth-order valence-corrected chi connectivity index (χ4v) is 2.73. The molecular formula is C22H27NO4. The van der Waals surface area contributed by atoms with Crippen molar-refractivity contribution in [3.8, 4) is 11.5 Å². The summed E-state index contributed by atoms with van der Waals surface area (Å²) in [6, 6.07) is 13.2. The van der Waals surface area contributed by atoms with Gasteiger partial charge in [-0.2, -0.15) is 0 Å². The van der Waals surface area contributed by atoms with Gasteiger partial charge >= 0.3 is 0 Å². The first kappa shape index (κ1) is 20.5. The molecule has 0 aromatic heterocycles. The summed E-state index contributed by atoms with van der Waals surface area (Å²) in [5.74, 6) is 1.15. The highest BCUT2D eigenvalue weighted by molar-refractivity contribution is 5.94. The number of hydrogen-bond donors (Lipinski definition) is 0. The van der Waals surface area contributed by atoms with Crippen LogP contribution in [0.4, 0.5) is 0 Å². The van der Waals surface area contributed by atoms with E-state index in [9.17, 15) is 9.59 Å². The molecule has 1 amide bonds. The first-order valence-corrected chi connectivity index (χ1v) is 9.02. The molecule has 0 N–H and O–H groups in total. The molecule has 0 aliphatic rings. The van der Waals surface area contributed by atoms with Crippen molar-refractivity contribution in [3.05, 3.63) is 59.2 Å². The van der Waals surface area contributed by atoms with Gasteiger partial charge in [0.1, 0.15) is 0 Å². The number of carbonyl (C=O) groups is 2. The maximum absolute atomic E-state index is 12.3. The maximum atomic E-state index is 12.3. The third kappa shape index (κ3) is 5.84. The van der Waals surface area contributed by atoms with Crippen molar-refractivity contribution in [2.24, 2.45) is 0 Å². The molecule has 2 rings (SSSR count). The largest absolute Gasteiger partial charge is 0.493 e. The van der Waals surface area contributed by atoms with Gasteiger partial charge in [0.25, 0.3) is 0 Å². The highest BCUT2D eigenvalue weighted by atomic mass is 16.5. The van der Waals surface area contributed by atoms with Crippen LogP contribution in [-0.2, 0) is 11.3 Å². The Morgan fingerprint density at radius 3 is 2.48 bits per heavy atom. The number of amides is 1. The minimum Gasteiger partial charge on any atom is -0.493 e. The van der Waals surface area contributed by atoms with Gasteiger partial charge in [0, 0.05) is 25.6 Å². The maximum Gasteiger partial charge on any atom is 0.222 e. The van der Waals surface area contributed by atoms with Crippen LogP contribution in [0, 0.1) is 6.92 Å². The van der Waals surface area contributed by atoms with Crippen molar-refractivity contribution in [2.45, 2.75) is 33.2 Å². The standard InChI is InChI=1S/C22H27NO4/c1-16-8-5-6-9-19(16)15-23(3)22(25)10-7-13-27-20-12-11-18(17(2)24)14-21(20)26-4/h5-6,8-9,11-12,14H,7,10,13,15H2,1-4H3. The van der Waals surface area contributed by atoms with Gasteiger partial charge in [-0.25, -0.2) is 0 Å². The van der Waals surface area contributed by atoms with Crippen LogP contribution in [0.3, 0.4) is 0 Å². The van der Waals surface area contributed by atoms with E-state index in [2.05, 4.69) is 0 Å². The van der Waals surface area contributed by atoms with Crippen molar-refractivity contribution < 1.29 is 19.1 Å². The fourth-order valence-electron chi connectivity index (χ4n) is 2.73. The van der Waals surface area contributed by atoms with Gasteiger partial charge < -0.3 is 14.4 Å². The van der Waals surface area contributed by atoms with Crippen molar-refractivity contribution in [1.82, 2.24) is 4.90 Å². The number of carbonyl (C=O) groups excluding carboxylic acids is 2. The summed E-state index contributed by atoms with van der Waals surface area (Å²) in [7, 11) is 3.36. The fraction of sp³-hybridized carbons (Fsp3) is 0.364. The zero-order valence-corrected chi connectivity index (χ0v) is 16.5. The Balaban J connectivity index is 1.81. The van der Waals surface area contributed by atoms with E-state index in [4.69, 9.17) is 9.47 Å². The summed E-state index contributed by atoms with van der Waals surface area (Å²) < 4.78 is 11.0. The zero-order chi connectivity index (χ0) is 19.8. The van der Waals surface area contributed by atoms with E-state index in [1.807, 2.05) is 38.2 Å². The van der Waals surface area contributed by atoms with E-state index in [0.717, 1.165) is 5.56 Å². The molecule has 0 radical (unpaired) electrons. The number of ether oxygens (including phenoxy) is 2. The molecule has 0 aliphatic heterocycles. The van der Waals surface area contributed by atoms with E-state index in [0.29, 0.717) is 43.1 Å². The lowest BCUT2D eigenvalue weighted by Gasteiger charge is -2.18. The lowest BCUT2D eigenvalue weighted by molar-refractivity contribution is -0.130. The van der Waals surface area contributed by atoms with Gasteiger partial charge in [0.05, 0.1) is 13.7 Å². The van der Waals surface area contributed by atoms with Crippen LogP contribution in [0.1, 0.15) is 41.3 Å². The molecule has 2 aromatic carbocycles. The van der Waals surface area contributed by atoms with Crippen LogP contribution in [0.5, 0.6) is 11.5 Å². The Morgan fingerprint density at radius 1 is 1.07 bits per heavy atom. The number of ketones is 1. The van der Waals surface area contributed by atoms with Gasteiger partial charge in [0.15, 0.2) is 17.3 Å². The number of hydrogen-bond acceptors (Lipinski definition) is 4. The first-order valence-electron chi connectivity index (χ1n) is 9.02. The molecular weight excluding hydrogens is 342 g/mol. The number of benzene rings is 2. The van der Waals surface area contributed by atoms with E-state index >= 15 is 0 Å². The topological polar surface area (TPSA) is 55.8 Å². The summed E-state index contributed by atoms with van der Waals surface area (Å²) in [4.78, 5) is 25.5. The number of rotatable bonds is 9. The third-order valence-electron chi connectivity index (χ3n) is 4.46. The van der Waals surface area contributed by atoms with Crippen molar-refractivity contribution in [3.63, 3.8) is 0 Å². The Labute approximate surface area is 160 Å². The second kappa shape index (κ2) is 9.76. The minimum atomic E-state index is -0.0258. The number of aryl methyl sites for hydroxylation is 1. The summed E-state index contributed by atoms with van der Waals surface area (Å²) in [6.07, 6.45) is 1.02. The second-order valence-corrected chi connectivity index (χ2v) is 6.55. The summed E-state index contributed by atoms with van der Waals surface area (Å²) >= 11 is 0. The average molecular weight is 369 g/mol. The molecule has 0 atom stereocenters. The van der Waals surface area contributed by atoms with E-state index in [1.165, 1.54) is 19.6 Å². The van der Waals surface area contributed by atoms with Gasteiger partial charge in [-0.05, 0) is 49.6 Å². The van der Waals surface area contributed by atoms with Gasteiger partial charge in [-0.1, -0.05) is 24.3 Å². The summed E-state index contributed by atoms with van der Waals surface area (Å²) in [5.41, 5.74) is 2.91. The van der Waals surface area contributed by atoms with Crippen molar-refractivity contribution in [2.75, 3.05) is 20.8 Å². The number of nitrogens with zero attached hydrogens (tertiary/aromatic N) is 1. The van der Waals surface area contributed by atoms with Gasteiger partial charge in [-0.3, -0.25) is 9.59 Å². The van der Waals surface area contributed by atoms with Crippen LogP contribution < -0.4 is 9.47 Å². The predicted molar refractivity (Wildman–Crippen MR) is 105 cm³/mol.